The summed E-state index contributed by atoms with van der Waals surface area (Å²) in [7, 11) is 0. The largest absolute Gasteiger partial charge is 0.396 e. The highest BCUT2D eigenvalue weighted by Gasteiger charge is 2.08. The van der Waals surface area contributed by atoms with Gasteiger partial charge in [-0.25, -0.2) is 4.98 Å². The third-order valence-electron chi connectivity index (χ3n) is 1.46. The lowest BCUT2D eigenvalue weighted by Gasteiger charge is -2.04. The quantitative estimate of drug-likeness (QED) is 0.537. The zero-order valence-electron chi connectivity index (χ0n) is 7.15. The van der Waals surface area contributed by atoms with Crippen LogP contribution in [0.15, 0.2) is 12.3 Å². The number of rotatable bonds is 3. The summed E-state index contributed by atoms with van der Waals surface area (Å²) in [6, 6.07) is 1.28. The van der Waals surface area contributed by atoms with Crippen LogP contribution in [0.25, 0.3) is 0 Å². The zero-order chi connectivity index (χ0) is 9.84. The molecule has 0 fully saturated rings. The summed E-state index contributed by atoms with van der Waals surface area (Å²) in [4.78, 5) is 13.6. The van der Waals surface area contributed by atoms with Gasteiger partial charge in [0.2, 0.25) is 0 Å². The summed E-state index contributed by atoms with van der Waals surface area (Å²) in [5.41, 5.74) is 5.71. The van der Waals surface area contributed by atoms with Gasteiger partial charge in [0, 0.05) is 12.6 Å². The minimum Gasteiger partial charge on any atom is -0.396 e. The van der Waals surface area contributed by atoms with Crippen molar-refractivity contribution >= 4 is 17.2 Å². The molecule has 70 valence electrons. The fraction of sp³-hybridized carbons (Fsp3) is 0.286. The number of pyridine rings is 1. The molecule has 1 aromatic rings. The number of aromatic nitrogens is 1. The number of nitrogen functional groups attached to an aromatic ring is 1. The van der Waals surface area contributed by atoms with E-state index in [-0.39, 0.29) is 11.4 Å². The second-order valence-corrected chi connectivity index (χ2v) is 2.42. The predicted octanol–water partition coefficient (Wildman–Crippen LogP) is 1.00. The summed E-state index contributed by atoms with van der Waals surface area (Å²) in [6.07, 6.45) is 1.17. The first-order valence-corrected chi connectivity index (χ1v) is 3.79. The van der Waals surface area contributed by atoms with Crippen molar-refractivity contribution in [1.29, 1.82) is 0 Å². The summed E-state index contributed by atoms with van der Waals surface area (Å²) >= 11 is 0. The highest BCUT2D eigenvalue weighted by molar-refractivity contribution is 5.64. The fourth-order valence-electron chi connectivity index (χ4n) is 0.885. The number of anilines is 2. The molecule has 1 rings (SSSR count). The standard InChI is InChI=1S/C7H10N4O2/c1-2-9-7-6(8)3-5(4-10-7)11(12)13/h3-4H,2,8H2,1H3,(H,9,10). The Bertz CT molecular complexity index is 326. The predicted molar refractivity (Wildman–Crippen MR) is 49.5 cm³/mol. The molecule has 0 aliphatic heterocycles. The minimum atomic E-state index is -0.529. The van der Waals surface area contributed by atoms with Crippen molar-refractivity contribution in [1.82, 2.24) is 4.98 Å². The Morgan fingerprint density at radius 2 is 2.46 bits per heavy atom. The second kappa shape index (κ2) is 3.70. The maximum atomic E-state index is 10.3. The van der Waals surface area contributed by atoms with Crippen LogP contribution >= 0.6 is 0 Å². The normalized spacial score (nSPS) is 9.62. The van der Waals surface area contributed by atoms with Gasteiger partial charge in [-0.2, -0.15) is 0 Å². The van der Waals surface area contributed by atoms with Gasteiger partial charge in [0.1, 0.15) is 12.0 Å². The Balaban J connectivity index is 2.98. The smallest absolute Gasteiger partial charge is 0.289 e. The lowest BCUT2D eigenvalue weighted by molar-refractivity contribution is -0.385. The molecule has 3 N–H and O–H groups in total. The molecule has 6 nitrogen and oxygen atoms in total. The van der Waals surface area contributed by atoms with Crippen molar-refractivity contribution in [2.75, 3.05) is 17.6 Å². The lowest BCUT2D eigenvalue weighted by atomic mass is 10.3. The maximum absolute atomic E-state index is 10.3. The van der Waals surface area contributed by atoms with E-state index in [0.29, 0.717) is 12.4 Å². The van der Waals surface area contributed by atoms with Gasteiger partial charge in [-0.1, -0.05) is 0 Å². The minimum absolute atomic E-state index is 0.0980. The van der Waals surface area contributed by atoms with Gasteiger partial charge in [-0.05, 0) is 6.92 Å². The van der Waals surface area contributed by atoms with E-state index in [0.717, 1.165) is 0 Å². The highest BCUT2D eigenvalue weighted by Crippen LogP contribution is 2.20. The number of nitro groups is 1. The number of nitrogens with two attached hydrogens (primary N) is 1. The molecular weight excluding hydrogens is 172 g/mol. The molecule has 0 saturated heterocycles. The number of hydrogen-bond donors (Lipinski definition) is 2. The zero-order valence-corrected chi connectivity index (χ0v) is 7.15. The summed E-state index contributed by atoms with van der Waals surface area (Å²) in [5, 5.41) is 13.2. The van der Waals surface area contributed by atoms with Crippen LogP contribution in [0.4, 0.5) is 17.2 Å². The second-order valence-electron chi connectivity index (χ2n) is 2.42. The van der Waals surface area contributed by atoms with Crippen LogP contribution in [0.1, 0.15) is 6.92 Å². The van der Waals surface area contributed by atoms with E-state index in [1.807, 2.05) is 6.92 Å². The van der Waals surface area contributed by atoms with Gasteiger partial charge >= 0.3 is 0 Å². The molecule has 1 aromatic heterocycles. The molecule has 0 radical (unpaired) electrons. The molecule has 0 atom stereocenters. The first kappa shape index (κ1) is 9.24. The number of nitrogens with one attached hydrogen (secondary N) is 1. The topological polar surface area (TPSA) is 94.1 Å². The molecule has 0 spiro atoms. The van der Waals surface area contributed by atoms with Crippen molar-refractivity contribution in [2.45, 2.75) is 6.92 Å². The van der Waals surface area contributed by atoms with Crippen LogP contribution in [0.2, 0.25) is 0 Å². The Labute approximate surface area is 74.9 Å². The van der Waals surface area contributed by atoms with Crippen LogP contribution in [0, 0.1) is 10.1 Å². The molecule has 0 bridgehead atoms. The summed E-state index contributed by atoms with van der Waals surface area (Å²) in [5.74, 6) is 0.480. The average molecular weight is 182 g/mol. The van der Waals surface area contributed by atoms with Gasteiger partial charge in [0.05, 0.1) is 10.6 Å². The van der Waals surface area contributed by atoms with Gasteiger partial charge in [-0.15, -0.1) is 0 Å². The van der Waals surface area contributed by atoms with Crippen LogP contribution in [0.5, 0.6) is 0 Å². The SMILES string of the molecule is CCNc1ncc([N+](=O)[O-])cc1N. The fourth-order valence-corrected chi connectivity index (χ4v) is 0.885. The summed E-state index contributed by atoms with van der Waals surface area (Å²) < 4.78 is 0. The van der Waals surface area contributed by atoms with Crippen molar-refractivity contribution in [3.05, 3.63) is 22.4 Å². The van der Waals surface area contributed by atoms with Crippen molar-refractivity contribution in [2.24, 2.45) is 0 Å². The van der Waals surface area contributed by atoms with Crippen LogP contribution < -0.4 is 11.1 Å². The Kier molecular flexibility index (Phi) is 2.63. The molecule has 0 aromatic carbocycles. The Hall–Kier alpha value is -1.85. The molecule has 0 unspecified atom stereocenters. The van der Waals surface area contributed by atoms with Crippen LogP contribution in [-0.2, 0) is 0 Å². The molecule has 0 aliphatic carbocycles. The summed E-state index contributed by atoms with van der Waals surface area (Å²) in [6.45, 7) is 2.57. The van der Waals surface area contributed by atoms with Gasteiger partial charge in [0.15, 0.2) is 0 Å². The van der Waals surface area contributed by atoms with E-state index in [1.165, 1.54) is 12.3 Å². The third kappa shape index (κ3) is 2.05. The average Bonchev–Trinajstić information content (AvgIpc) is 2.08. The number of nitrogens with zero attached hydrogens (tertiary/aromatic N) is 2. The molecule has 6 heteroatoms. The van der Waals surface area contributed by atoms with E-state index >= 15 is 0 Å². The third-order valence-corrected chi connectivity index (χ3v) is 1.46. The van der Waals surface area contributed by atoms with Gasteiger partial charge in [0.25, 0.3) is 5.69 Å². The van der Waals surface area contributed by atoms with Crippen molar-refractivity contribution in [3.8, 4) is 0 Å². The molecule has 1 heterocycles. The van der Waals surface area contributed by atoms with E-state index < -0.39 is 4.92 Å². The van der Waals surface area contributed by atoms with Crippen LogP contribution in [-0.4, -0.2) is 16.5 Å². The Morgan fingerprint density at radius 1 is 1.77 bits per heavy atom. The van der Waals surface area contributed by atoms with Crippen molar-refractivity contribution in [3.63, 3.8) is 0 Å². The number of hydrogen-bond acceptors (Lipinski definition) is 5. The van der Waals surface area contributed by atoms with E-state index in [1.54, 1.807) is 0 Å². The Morgan fingerprint density at radius 3 is 2.92 bits per heavy atom. The van der Waals surface area contributed by atoms with E-state index in [2.05, 4.69) is 10.3 Å². The monoisotopic (exact) mass is 182 g/mol. The lowest BCUT2D eigenvalue weighted by Crippen LogP contribution is -2.03. The molecule has 0 amide bonds. The maximum Gasteiger partial charge on any atom is 0.289 e. The van der Waals surface area contributed by atoms with E-state index in [4.69, 9.17) is 5.73 Å². The molecular formula is C7H10N4O2. The first-order chi connectivity index (χ1) is 6.15. The van der Waals surface area contributed by atoms with Gasteiger partial charge in [-0.3, -0.25) is 10.1 Å². The first-order valence-electron chi connectivity index (χ1n) is 3.79. The highest BCUT2D eigenvalue weighted by atomic mass is 16.6. The molecule has 0 saturated carbocycles. The molecule has 13 heavy (non-hydrogen) atoms. The van der Waals surface area contributed by atoms with Gasteiger partial charge < -0.3 is 11.1 Å². The van der Waals surface area contributed by atoms with Crippen molar-refractivity contribution < 1.29 is 4.92 Å². The van der Waals surface area contributed by atoms with E-state index in [9.17, 15) is 10.1 Å². The van der Waals surface area contributed by atoms with Crippen LogP contribution in [0.3, 0.4) is 0 Å². The molecule has 0 aliphatic rings.